The fourth-order valence-corrected chi connectivity index (χ4v) is 2.39. The SMILES string of the molecule is CC(C)(C)CC(C)(C)NCCC(N)C(C)(C)C. The minimum absolute atomic E-state index is 0.190. The molecule has 0 saturated heterocycles. The minimum Gasteiger partial charge on any atom is -0.327 e. The highest BCUT2D eigenvalue weighted by atomic mass is 15.0. The molecule has 0 aliphatic heterocycles. The van der Waals surface area contributed by atoms with Crippen molar-refractivity contribution in [2.45, 2.75) is 79.8 Å². The van der Waals surface area contributed by atoms with Gasteiger partial charge in [-0.15, -0.1) is 0 Å². The third-order valence-electron chi connectivity index (χ3n) is 3.14. The van der Waals surface area contributed by atoms with Gasteiger partial charge in [-0.3, -0.25) is 0 Å². The molecule has 1 atom stereocenters. The molecule has 2 nitrogen and oxygen atoms in total. The Bertz CT molecular complexity index is 218. The third-order valence-corrected chi connectivity index (χ3v) is 3.14. The number of rotatable bonds is 5. The summed E-state index contributed by atoms with van der Waals surface area (Å²) < 4.78 is 0. The van der Waals surface area contributed by atoms with E-state index in [9.17, 15) is 0 Å². The van der Waals surface area contributed by atoms with Gasteiger partial charge in [0.15, 0.2) is 0 Å². The molecular formula is C15H34N2. The van der Waals surface area contributed by atoms with Crippen molar-refractivity contribution >= 4 is 0 Å². The quantitative estimate of drug-likeness (QED) is 0.773. The molecule has 0 aromatic heterocycles. The van der Waals surface area contributed by atoms with E-state index in [2.05, 4.69) is 60.7 Å². The smallest absolute Gasteiger partial charge is 0.0130 e. The maximum Gasteiger partial charge on any atom is 0.0130 e. The summed E-state index contributed by atoms with van der Waals surface area (Å²) in [5.41, 5.74) is 6.93. The minimum atomic E-state index is 0.190. The third kappa shape index (κ3) is 8.62. The van der Waals surface area contributed by atoms with Crippen LogP contribution in [0, 0.1) is 10.8 Å². The lowest BCUT2D eigenvalue weighted by Crippen LogP contribution is -2.45. The van der Waals surface area contributed by atoms with Gasteiger partial charge in [-0.1, -0.05) is 41.5 Å². The van der Waals surface area contributed by atoms with Gasteiger partial charge in [0.25, 0.3) is 0 Å². The van der Waals surface area contributed by atoms with Crippen LogP contribution < -0.4 is 11.1 Å². The van der Waals surface area contributed by atoms with Gasteiger partial charge in [0, 0.05) is 11.6 Å². The Morgan fingerprint density at radius 2 is 1.41 bits per heavy atom. The summed E-state index contributed by atoms with van der Waals surface area (Å²) in [4.78, 5) is 0. The van der Waals surface area contributed by atoms with Crippen molar-refractivity contribution in [2.75, 3.05) is 6.54 Å². The Kier molecular flexibility index (Phi) is 5.68. The number of nitrogens with one attached hydrogen (secondary N) is 1. The predicted octanol–water partition coefficient (Wildman–Crippen LogP) is 3.55. The van der Waals surface area contributed by atoms with E-state index in [1.54, 1.807) is 0 Å². The van der Waals surface area contributed by atoms with E-state index in [1.165, 1.54) is 6.42 Å². The first-order valence-electron chi connectivity index (χ1n) is 6.84. The van der Waals surface area contributed by atoms with Crippen LogP contribution in [0.5, 0.6) is 0 Å². The molecular weight excluding hydrogens is 208 g/mol. The van der Waals surface area contributed by atoms with Crippen LogP contribution in [0.4, 0.5) is 0 Å². The molecule has 0 spiro atoms. The summed E-state index contributed by atoms with van der Waals surface area (Å²) in [7, 11) is 0. The fraction of sp³-hybridized carbons (Fsp3) is 1.00. The lowest BCUT2D eigenvalue weighted by atomic mass is 9.81. The summed E-state index contributed by atoms with van der Waals surface area (Å²) in [6.45, 7) is 19.0. The van der Waals surface area contributed by atoms with E-state index < -0.39 is 0 Å². The molecule has 0 rings (SSSR count). The molecule has 2 heteroatoms. The van der Waals surface area contributed by atoms with E-state index in [-0.39, 0.29) is 17.0 Å². The highest BCUT2D eigenvalue weighted by molar-refractivity contribution is 4.85. The van der Waals surface area contributed by atoms with Crippen molar-refractivity contribution in [2.24, 2.45) is 16.6 Å². The molecule has 0 aliphatic carbocycles. The van der Waals surface area contributed by atoms with Gasteiger partial charge in [-0.25, -0.2) is 0 Å². The number of nitrogens with two attached hydrogens (primary N) is 1. The van der Waals surface area contributed by atoms with Crippen LogP contribution in [0.3, 0.4) is 0 Å². The van der Waals surface area contributed by atoms with Crippen molar-refractivity contribution in [1.82, 2.24) is 5.32 Å². The largest absolute Gasteiger partial charge is 0.327 e. The van der Waals surface area contributed by atoms with E-state index in [0.717, 1.165) is 13.0 Å². The van der Waals surface area contributed by atoms with Crippen molar-refractivity contribution < 1.29 is 0 Å². The monoisotopic (exact) mass is 242 g/mol. The zero-order valence-electron chi connectivity index (χ0n) is 13.3. The maximum atomic E-state index is 6.17. The first kappa shape index (κ1) is 16.9. The second-order valence-corrected chi connectivity index (χ2v) is 8.31. The van der Waals surface area contributed by atoms with Gasteiger partial charge in [0.1, 0.15) is 0 Å². The molecule has 0 aromatic carbocycles. The molecule has 17 heavy (non-hydrogen) atoms. The molecule has 0 amide bonds. The molecule has 0 saturated carbocycles. The molecule has 0 bridgehead atoms. The van der Waals surface area contributed by atoms with Crippen LogP contribution in [0.2, 0.25) is 0 Å². The molecule has 0 radical (unpaired) electrons. The van der Waals surface area contributed by atoms with Gasteiger partial charge >= 0.3 is 0 Å². The van der Waals surface area contributed by atoms with E-state index in [1.807, 2.05) is 0 Å². The Morgan fingerprint density at radius 1 is 0.941 bits per heavy atom. The van der Waals surface area contributed by atoms with E-state index in [0.29, 0.717) is 5.41 Å². The first-order valence-corrected chi connectivity index (χ1v) is 6.84. The highest BCUT2D eigenvalue weighted by Gasteiger charge is 2.26. The standard InChI is InChI=1S/C15H34N2/c1-13(2,3)11-15(7,8)17-10-9-12(16)14(4,5)6/h12,17H,9-11,16H2,1-8H3. The van der Waals surface area contributed by atoms with Crippen molar-refractivity contribution in [3.8, 4) is 0 Å². The van der Waals surface area contributed by atoms with Crippen LogP contribution in [0.15, 0.2) is 0 Å². The normalized spacial score (nSPS) is 16.1. The van der Waals surface area contributed by atoms with Gasteiger partial charge in [0.05, 0.1) is 0 Å². The van der Waals surface area contributed by atoms with Gasteiger partial charge in [-0.05, 0) is 44.1 Å². The van der Waals surface area contributed by atoms with Gasteiger partial charge in [0.2, 0.25) is 0 Å². The Labute approximate surface area is 109 Å². The summed E-state index contributed by atoms with van der Waals surface area (Å²) in [6, 6.07) is 0.264. The molecule has 0 aromatic rings. The van der Waals surface area contributed by atoms with E-state index in [4.69, 9.17) is 5.73 Å². The number of hydrogen-bond donors (Lipinski definition) is 2. The zero-order valence-corrected chi connectivity index (χ0v) is 13.3. The van der Waals surface area contributed by atoms with Crippen molar-refractivity contribution in [1.29, 1.82) is 0 Å². The van der Waals surface area contributed by atoms with Crippen molar-refractivity contribution in [3.05, 3.63) is 0 Å². The van der Waals surface area contributed by atoms with Crippen molar-refractivity contribution in [3.63, 3.8) is 0 Å². The molecule has 0 fully saturated rings. The zero-order chi connectivity index (χ0) is 13.9. The fourth-order valence-electron chi connectivity index (χ4n) is 2.39. The average Bonchev–Trinajstić information content (AvgIpc) is 1.96. The van der Waals surface area contributed by atoms with Crippen LogP contribution in [-0.2, 0) is 0 Å². The molecule has 3 N–H and O–H groups in total. The first-order chi connectivity index (χ1) is 7.33. The van der Waals surface area contributed by atoms with Gasteiger partial charge < -0.3 is 11.1 Å². The molecule has 1 unspecified atom stereocenters. The lowest BCUT2D eigenvalue weighted by molar-refractivity contribution is 0.231. The Balaban J connectivity index is 4.04. The van der Waals surface area contributed by atoms with Crippen LogP contribution in [0.25, 0.3) is 0 Å². The summed E-state index contributed by atoms with van der Waals surface area (Å²) in [5, 5.41) is 3.64. The van der Waals surface area contributed by atoms with Gasteiger partial charge in [-0.2, -0.15) is 0 Å². The Morgan fingerprint density at radius 3 is 1.76 bits per heavy atom. The molecule has 0 aliphatic rings. The van der Waals surface area contributed by atoms with Crippen LogP contribution in [-0.4, -0.2) is 18.1 Å². The maximum absolute atomic E-state index is 6.17. The Hall–Kier alpha value is -0.0800. The van der Waals surface area contributed by atoms with E-state index >= 15 is 0 Å². The average molecular weight is 242 g/mol. The summed E-state index contributed by atoms with van der Waals surface area (Å²) in [6.07, 6.45) is 2.21. The highest BCUT2D eigenvalue weighted by Crippen LogP contribution is 2.27. The summed E-state index contributed by atoms with van der Waals surface area (Å²) in [5.74, 6) is 0. The molecule has 104 valence electrons. The summed E-state index contributed by atoms with van der Waals surface area (Å²) >= 11 is 0. The number of hydrogen-bond acceptors (Lipinski definition) is 2. The lowest BCUT2D eigenvalue weighted by Gasteiger charge is -2.35. The molecule has 0 heterocycles. The predicted molar refractivity (Wildman–Crippen MR) is 78.2 cm³/mol. The topological polar surface area (TPSA) is 38.0 Å². The van der Waals surface area contributed by atoms with Crippen LogP contribution >= 0.6 is 0 Å². The van der Waals surface area contributed by atoms with Crippen LogP contribution in [0.1, 0.15) is 68.2 Å². The second kappa shape index (κ2) is 5.71. The second-order valence-electron chi connectivity index (χ2n) is 8.31.